The summed E-state index contributed by atoms with van der Waals surface area (Å²) in [5.74, 6) is -1.34. The SMILES string of the molecule is N#CC(C(=O)O)=C(N)c1cccnc1. The maximum atomic E-state index is 10.6. The lowest BCUT2D eigenvalue weighted by atomic mass is 10.1. The van der Waals surface area contributed by atoms with Gasteiger partial charge in [-0.2, -0.15) is 5.26 Å². The van der Waals surface area contributed by atoms with Crippen LogP contribution in [0, 0.1) is 11.3 Å². The summed E-state index contributed by atoms with van der Waals surface area (Å²) in [6.45, 7) is 0. The molecular weight excluding hydrogens is 182 g/mol. The number of nitriles is 1. The number of nitrogens with zero attached hydrogens (tertiary/aromatic N) is 2. The van der Waals surface area contributed by atoms with Gasteiger partial charge in [0.25, 0.3) is 0 Å². The van der Waals surface area contributed by atoms with Crippen LogP contribution in [0.3, 0.4) is 0 Å². The molecular formula is C9H7N3O2. The summed E-state index contributed by atoms with van der Waals surface area (Å²) in [4.78, 5) is 14.3. The van der Waals surface area contributed by atoms with E-state index in [0.717, 1.165) is 0 Å². The van der Waals surface area contributed by atoms with E-state index in [0.29, 0.717) is 5.56 Å². The molecule has 5 nitrogen and oxygen atoms in total. The van der Waals surface area contributed by atoms with Crippen LogP contribution in [0.15, 0.2) is 30.1 Å². The van der Waals surface area contributed by atoms with Gasteiger partial charge in [0.05, 0.1) is 5.70 Å². The molecule has 0 bridgehead atoms. The van der Waals surface area contributed by atoms with Crippen molar-refractivity contribution in [3.8, 4) is 6.07 Å². The average molecular weight is 189 g/mol. The van der Waals surface area contributed by atoms with Crippen molar-refractivity contribution in [2.75, 3.05) is 0 Å². The number of aliphatic carboxylic acids is 1. The number of rotatable bonds is 2. The maximum absolute atomic E-state index is 10.6. The Bertz CT molecular complexity index is 417. The number of aromatic nitrogens is 1. The van der Waals surface area contributed by atoms with Crippen molar-refractivity contribution in [2.45, 2.75) is 0 Å². The monoisotopic (exact) mass is 189 g/mol. The van der Waals surface area contributed by atoms with Gasteiger partial charge in [-0.05, 0) is 12.1 Å². The fourth-order valence-corrected chi connectivity index (χ4v) is 0.890. The largest absolute Gasteiger partial charge is 0.477 e. The predicted molar refractivity (Wildman–Crippen MR) is 48.6 cm³/mol. The first-order chi connectivity index (χ1) is 6.66. The van der Waals surface area contributed by atoms with Crippen molar-refractivity contribution in [3.05, 3.63) is 35.7 Å². The molecule has 0 unspecified atom stereocenters. The molecule has 0 atom stereocenters. The number of carbonyl (C=O) groups is 1. The molecule has 1 heterocycles. The van der Waals surface area contributed by atoms with Gasteiger partial charge in [0.1, 0.15) is 6.07 Å². The van der Waals surface area contributed by atoms with E-state index in [1.165, 1.54) is 18.5 Å². The first-order valence-corrected chi connectivity index (χ1v) is 3.70. The molecule has 0 amide bonds. The Labute approximate surface area is 80.1 Å². The van der Waals surface area contributed by atoms with Crippen LogP contribution < -0.4 is 5.73 Å². The highest BCUT2D eigenvalue weighted by molar-refractivity contribution is 5.99. The summed E-state index contributed by atoms with van der Waals surface area (Å²) in [5.41, 5.74) is 5.36. The van der Waals surface area contributed by atoms with E-state index in [1.807, 2.05) is 0 Å². The van der Waals surface area contributed by atoms with Crippen molar-refractivity contribution < 1.29 is 9.90 Å². The minimum Gasteiger partial charge on any atom is -0.477 e. The summed E-state index contributed by atoms with van der Waals surface area (Å²) >= 11 is 0. The van der Waals surface area contributed by atoms with Crippen LogP contribution in [-0.2, 0) is 4.79 Å². The molecule has 0 aliphatic heterocycles. The topological polar surface area (TPSA) is 100 Å². The van der Waals surface area contributed by atoms with Crippen LogP contribution >= 0.6 is 0 Å². The number of hydrogen-bond acceptors (Lipinski definition) is 4. The lowest BCUT2D eigenvalue weighted by molar-refractivity contribution is -0.132. The van der Waals surface area contributed by atoms with Crippen LogP contribution in [0.5, 0.6) is 0 Å². The second kappa shape index (κ2) is 4.05. The zero-order chi connectivity index (χ0) is 10.6. The second-order valence-electron chi connectivity index (χ2n) is 2.45. The summed E-state index contributed by atoms with van der Waals surface area (Å²) in [7, 11) is 0. The van der Waals surface area contributed by atoms with Gasteiger partial charge < -0.3 is 10.8 Å². The molecule has 1 aromatic heterocycles. The highest BCUT2D eigenvalue weighted by Crippen LogP contribution is 2.11. The van der Waals surface area contributed by atoms with E-state index >= 15 is 0 Å². The van der Waals surface area contributed by atoms with Crippen LogP contribution in [0.2, 0.25) is 0 Å². The molecule has 3 N–H and O–H groups in total. The predicted octanol–water partition coefficient (Wildman–Crippen LogP) is 0.360. The van der Waals surface area contributed by atoms with Crippen molar-refractivity contribution in [2.24, 2.45) is 5.73 Å². The molecule has 1 rings (SSSR count). The third-order valence-electron chi connectivity index (χ3n) is 1.57. The first kappa shape index (κ1) is 9.74. The fraction of sp³-hybridized carbons (Fsp3) is 0. The van der Waals surface area contributed by atoms with Gasteiger partial charge in [-0.3, -0.25) is 4.98 Å². The quantitative estimate of drug-likeness (QED) is 0.516. The molecule has 0 radical (unpaired) electrons. The Balaban J connectivity index is 3.23. The summed E-state index contributed by atoms with van der Waals surface area (Å²) in [6.07, 6.45) is 2.93. The Morgan fingerprint density at radius 3 is 2.79 bits per heavy atom. The zero-order valence-electron chi connectivity index (χ0n) is 7.14. The lowest BCUT2D eigenvalue weighted by Crippen LogP contribution is -2.08. The lowest BCUT2D eigenvalue weighted by Gasteiger charge is -2.00. The Morgan fingerprint density at radius 1 is 1.64 bits per heavy atom. The molecule has 14 heavy (non-hydrogen) atoms. The van der Waals surface area contributed by atoms with Gasteiger partial charge in [0.15, 0.2) is 5.57 Å². The summed E-state index contributed by atoms with van der Waals surface area (Å²) in [5, 5.41) is 17.2. The number of hydrogen-bond donors (Lipinski definition) is 2. The molecule has 70 valence electrons. The van der Waals surface area contributed by atoms with E-state index in [1.54, 1.807) is 12.1 Å². The van der Waals surface area contributed by atoms with E-state index in [-0.39, 0.29) is 5.70 Å². The van der Waals surface area contributed by atoms with Crippen LogP contribution in [0.25, 0.3) is 5.70 Å². The maximum Gasteiger partial charge on any atom is 0.348 e. The molecule has 0 saturated heterocycles. The summed E-state index contributed by atoms with van der Waals surface area (Å²) in [6, 6.07) is 4.72. The van der Waals surface area contributed by atoms with Crippen LogP contribution in [-0.4, -0.2) is 16.1 Å². The van der Waals surface area contributed by atoms with Crippen molar-refractivity contribution in [1.82, 2.24) is 4.98 Å². The number of nitrogens with two attached hydrogens (primary N) is 1. The minimum absolute atomic E-state index is 0.0758. The molecule has 0 saturated carbocycles. The number of carboxylic acid groups (broad SMARTS) is 1. The Morgan fingerprint density at radius 2 is 2.36 bits per heavy atom. The summed E-state index contributed by atoms with van der Waals surface area (Å²) < 4.78 is 0. The van der Waals surface area contributed by atoms with E-state index < -0.39 is 11.5 Å². The first-order valence-electron chi connectivity index (χ1n) is 3.70. The van der Waals surface area contributed by atoms with E-state index in [2.05, 4.69) is 4.98 Å². The second-order valence-corrected chi connectivity index (χ2v) is 2.45. The van der Waals surface area contributed by atoms with E-state index in [9.17, 15) is 4.79 Å². The van der Waals surface area contributed by atoms with Crippen molar-refractivity contribution in [3.63, 3.8) is 0 Å². The molecule has 0 aromatic carbocycles. The molecule has 0 aliphatic carbocycles. The van der Waals surface area contributed by atoms with Crippen LogP contribution in [0.1, 0.15) is 5.56 Å². The highest BCUT2D eigenvalue weighted by atomic mass is 16.4. The van der Waals surface area contributed by atoms with E-state index in [4.69, 9.17) is 16.1 Å². The van der Waals surface area contributed by atoms with Gasteiger partial charge in [-0.15, -0.1) is 0 Å². The van der Waals surface area contributed by atoms with Gasteiger partial charge >= 0.3 is 5.97 Å². The smallest absolute Gasteiger partial charge is 0.348 e. The number of carboxylic acids is 1. The number of pyridine rings is 1. The molecule has 5 heteroatoms. The third kappa shape index (κ3) is 1.87. The molecule has 0 aliphatic rings. The van der Waals surface area contributed by atoms with Crippen molar-refractivity contribution >= 4 is 11.7 Å². The standard InChI is InChI=1S/C9H7N3O2/c10-4-7(9(13)14)8(11)6-2-1-3-12-5-6/h1-3,5H,11H2,(H,13,14). The molecule has 0 fully saturated rings. The average Bonchev–Trinajstić information content (AvgIpc) is 2.19. The molecule has 0 spiro atoms. The fourth-order valence-electron chi connectivity index (χ4n) is 0.890. The Kier molecular flexibility index (Phi) is 2.82. The van der Waals surface area contributed by atoms with Gasteiger partial charge in [-0.1, -0.05) is 0 Å². The molecule has 1 aromatic rings. The zero-order valence-corrected chi connectivity index (χ0v) is 7.14. The minimum atomic E-state index is -1.34. The van der Waals surface area contributed by atoms with Crippen molar-refractivity contribution in [1.29, 1.82) is 5.26 Å². The van der Waals surface area contributed by atoms with Crippen LogP contribution in [0.4, 0.5) is 0 Å². The third-order valence-corrected chi connectivity index (χ3v) is 1.57. The Hall–Kier alpha value is -2.35. The van der Waals surface area contributed by atoms with Gasteiger partial charge in [0.2, 0.25) is 0 Å². The highest BCUT2D eigenvalue weighted by Gasteiger charge is 2.12. The van der Waals surface area contributed by atoms with Gasteiger partial charge in [0, 0.05) is 18.0 Å². The van der Waals surface area contributed by atoms with Gasteiger partial charge in [-0.25, -0.2) is 4.79 Å². The normalized spacial score (nSPS) is 11.4.